The molecule has 0 saturated heterocycles. The molecule has 0 aliphatic rings. The Balaban J connectivity index is 2.13. The molecular weight excluding hydrogens is 283 g/mol. The van der Waals surface area contributed by atoms with Crippen molar-refractivity contribution in [2.24, 2.45) is 0 Å². The van der Waals surface area contributed by atoms with Gasteiger partial charge >= 0.3 is 0 Å². The highest BCUT2D eigenvalue weighted by Crippen LogP contribution is 2.36. The van der Waals surface area contributed by atoms with Crippen molar-refractivity contribution in [3.05, 3.63) is 60.2 Å². The summed E-state index contributed by atoms with van der Waals surface area (Å²) in [4.78, 5) is 5.77. The van der Waals surface area contributed by atoms with E-state index < -0.39 is 0 Å². The van der Waals surface area contributed by atoms with Gasteiger partial charge in [0, 0.05) is 16.5 Å². The van der Waals surface area contributed by atoms with Gasteiger partial charge in [-0.2, -0.15) is 0 Å². The molecule has 3 rings (SSSR count). The van der Waals surface area contributed by atoms with E-state index in [9.17, 15) is 4.39 Å². The van der Waals surface area contributed by atoms with Crippen LogP contribution in [0.1, 0.15) is 26.5 Å². The Labute approximate surface area is 128 Å². The normalized spacial score (nSPS) is 12.0. The molecule has 21 heavy (non-hydrogen) atoms. The second-order valence-electron chi connectivity index (χ2n) is 6.00. The number of aromatic nitrogens is 2. The molecule has 0 amide bonds. The zero-order valence-corrected chi connectivity index (χ0v) is 13.1. The van der Waals surface area contributed by atoms with Crippen molar-refractivity contribution in [1.82, 2.24) is 9.38 Å². The van der Waals surface area contributed by atoms with Gasteiger partial charge < -0.3 is 0 Å². The van der Waals surface area contributed by atoms with E-state index >= 15 is 0 Å². The summed E-state index contributed by atoms with van der Waals surface area (Å²) in [6, 6.07) is 12.6. The molecule has 2 nitrogen and oxygen atoms in total. The van der Waals surface area contributed by atoms with Gasteiger partial charge in [-0.25, -0.2) is 9.37 Å². The Bertz CT molecular complexity index is 770. The van der Waals surface area contributed by atoms with E-state index in [1.807, 2.05) is 24.4 Å². The zero-order valence-electron chi connectivity index (χ0n) is 12.3. The van der Waals surface area contributed by atoms with Gasteiger partial charge in [-0.3, -0.25) is 4.40 Å². The van der Waals surface area contributed by atoms with E-state index in [0.29, 0.717) is 0 Å². The first kappa shape index (κ1) is 14.1. The fourth-order valence-corrected chi connectivity index (χ4v) is 3.37. The molecule has 0 N–H and O–H groups in total. The van der Waals surface area contributed by atoms with E-state index in [1.54, 1.807) is 23.9 Å². The van der Waals surface area contributed by atoms with Crippen molar-refractivity contribution in [3.63, 3.8) is 0 Å². The average molecular weight is 300 g/mol. The minimum atomic E-state index is -0.214. The number of fused-ring (bicyclic) bond motifs is 1. The van der Waals surface area contributed by atoms with Crippen LogP contribution in [0.3, 0.4) is 0 Å². The number of hydrogen-bond donors (Lipinski definition) is 0. The molecule has 2 aromatic heterocycles. The lowest BCUT2D eigenvalue weighted by Crippen LogP contribution is -2.13. The highest BCUT2D eigenvalue weighted by molar-refractivity contribution is 7.99. The monoisotopic (exact) mass is 300 g/mol. The Hall–Kier alpha value is -1.81. The first-order valence-corrected chi connectivity index (χ1v) is 7.68. The largest absolute Gasteiger partial charge is 0.294 e. The molecule has 0 fully saturated rings. The molecule has 4 heteroatoms. The lowest BCUT2D eigenvalue weighted by Gasteiger charge is -2.17. The molecular formula is C17H17FN2S. The van der Waals surface area contributed by atoms with Crippen molar-refractivity contribution in [1.29, 1.82) is 0 Å². The standard InChI is InChI=1S/C17H17FN2S/c1-17(2,3)15-16(20-11-5-4-6-14(20)19-15)21-13-9-7-12(18)8-10-13/h4-11H,1-3H3. The molecule has 3 aromatic rings. The molecule has 108 valence electrons. The topological polar surface area (TPSA) is 17.3 Å². The van der Waals surface area contributed by atoms with Crippen LogP contribution in [-0.2, 0) is 5.41 Å². The van der Waals surface area contributed by atoms with Gasteiger partial charge in [0.05, 0.1) is 5.69 Å². The average Bonchev–Trinajstić information content (AvgIpc) is 2.81. The van der Waals surface area contributed by atoms with E-state index in [4.69, 9.17) is 4.98 Å². The summed E-state index contributed by atoms with van der Waals surface area (Å²) in [5.41, 5.74) is 1.95. The molecule has 0 aliphatic carbocycles. The lowest BCUT2D eigenvalue weighted by atomic mass is 9.93. The summed E-state index contributed by atoms with van der Waals surface area (Å²) >= 11 is 1.62. The van der Waals surface area contributed by atoms with Gasteiger partial charge in [-0.05, 0) is 36.4 Å². The predicted molar refractivity (Wildman–Crippen MR) is 84.4 cm³/mol. The third-order valence-corrected chi connectivity index (χ3v) is 4.32. The molecule has 0 radical (unpaired) electrons. The fourth-order valence-electron chi connectivity index (χ4n) is 2.17. The van der Waals surface area contributed by atoms with Gasteiger partial charge in [-0.15, -0.1) is 0 Å². The molecule has 0 atom stereocenters. The van der Waals surface area contributed by atoms with Crippen LogP contribution in [0.4, 0.5) is 4.39 Å². The molecule has 0 bridgehead atoms. The van der Waals surface area contributed by atoms with Crippen molar-refractivity contribution in [3.8, 4) is 0 Å². The van der Waals surface area contributed by atoms with Crippen molar-refractivity contribution >= 4 is 17.4 Å². The van der Waals surface area contributed by atoms with Gasteiger partial charge in [0.15, 0.2) is 0 Å². The maximum absolute atomic E-state index is 13.1. The van der Waals surface area contributed by atoms with Crippen LogP contribution >= 0.6 is 11.8 Å². The van der Waals surface area contributed by atoms with Crippen LogP contribution in [0.25, 0.3) is 5.65 Å². The van der Waals surface area contributed by atoms with Crippen molar-refractivity contribution in [2.75, 3.05) is 0 Å². The van der Waals surface area contributed by atoms with Crippen molar-refractivity contribution in [2.45, 2.75) is 36.1 Å². The quantitative estimate of drug-likeness (QED) is 0.668. The lowest BCUT2D eigenvalue weighted by molar-refractivity contribution is 0.558. The summed E-state index contributed by atoms with van der Waals surface area (Å²) in [6.07, 6.45) is 2.02. The second kappa shape index (κ2) is 5.19. The van der Waals surface area contributed by atoms with Gasteiger partial charge in [0.25, 0.3) is 0 Å². The van der Waals surface area contributed by atoms with Crippen LogP contribution in [-0.4, -0.2) is 9.38 Å². The summed E-state index contributed by atoms with van der Waals surface area (Å²) in [5, 5.41) is 1.09. The SMILES string of the molecule is CC(C)(C)c1nc2ccccn2c1Sc1ccc(F)cc1. The van der Waals surface area contributed by atoms with Crippen LogP contribution in [0.15, 0.2) is 58.6 Å². The Morgan fingerprint density at radius 3 is 2.43 bits per heavy atom. The maximum atomic E-state index is 13.1. The highest BCUT2D eigenvalue weighted by atomic mass is 32.2. The Kier molecular flexibility index (Phi) is 3.49. The van der Waals surface area contributed by atoms with E-state index in [0.717, 1.165) is 21.3 Å². The molecule has 0 saturated carbocycles. The van der Waals surface area contributed by atoms with Crippen LogP contribution in [0.5, 0.6) is 0 Å². The summed E-state index contributed by atoms with van der Waals surface area (Å²) in [6.45, 7) is 6.47. The van der Waals surface area contributed by atoms with E-state index in [2.05, 4.69) is 25.2 Å². The number of halogens is 1. The first-order valence-electron chi connectivity index (χ1n) is 6.86. The number of nitrogens with zero attached hydrogens (tertiary/aromatic N) is 2. The summed E-state index contributed by atoms with van der Waals surface area (Å²) in [5.74, 6) is -0.214. The molecule has 2 heterocycles. The van der Waals surface area contributed by atoms with Crippen molar-refractivity contribution < 1.29 is 4.39 Å². The first-order chi connectivity index (χ1) is 9.95. The second-order valence-corrected chi connectivity index (χ2v) is 7.06. The number of rotatable bonds is 2. The van der Waals surface area contributed by atoms with Crippen LogP contribution in [0.2, 0.25) is 0 Å². The zero-order chi connectivity index (χ0) is 15.0. The Morgan fingerprint density at radius 2 is 1.76 bits per heavy atom. The fraction of sp³-hybridized carbons (Fsp3) is 0.235. The predicted octanol–water partition coefficient (Wildman–Crippen LogP) is 4.92. The van der Waals surface area contributed by atoms with E-state index in [1.165, 1.54) is 12.1 Å². The van der Waals surface area contributed by atoms with Gasteiger partial charge in [0.2, 0.25) is 0 Å². The van der Waals surface area contributed by atoms with Gasteiger partial charge in [0.1, 0.15) is 16.5 Å². The number of hydrogen-bond acceptors (Lipinski definition) is 2. The van der Waals surface area contributed by atoms with Gasteiger partial charge in [-0.1, -0.05) is 38.6 Å². The molecule has 0 spiro atoms. The minimum Gasteiger partial charge on any atom is -0.294 e. The maximum Gasteiger partial charge on any atom is 0.137 e. The minimum absolute atomic E-state index is 0.0472. The number of pyridine rings is 1. The number of imidazole rings is 1. The summed E-state index contributed by atoms with van der Waals surface area (Å²) < 4.78 is 15.2. The van der Waals surface area contributed by atoms with E-state index in [-0.39, 0.29) is 11.2 Å². The molecule has 0 unspecified atom stereocenters. The number of benzene rings is 1. The highest BCUT2D eigenvalue weighted by Gasteiger charge is 2.24. The molecule has 0 aliphatic heterocycles. The molecule has 1 aromatic carbocycles. The third kappa shape index (κ3) is 2.81. The van der Waals surface area contributed by atoms with Crippen LogP contribution < -0.4 is 0 Å². The van der Waals surface area contributed by atoms with Crippen LogP contribution in [0, 0.1) is 5.82 Å². The summed E-state index contributed by atoms with van der Waals surface area (Å²) in [7, 11) is 0. The Morgan fingerprint density at radius 1 is 1.05 bits per heavy atom. The third-order valence-electron chi connectivity index (χ3n) is 3.22. The smallest absolute Gasteiger partial charge is 0.137 e.